The van der Waals surface area contributed by atoms with Gasteiger partial charge in [0.15, 0.2) is 0 Å². The molecule has 0 saturated carbocycles. The molecule has 0 aromatic heterocycles. The number of aliphatic hydroxyl groups excluding tert-OH is 1. The Labute approximate surface area is 122 Å². The number of nitrogens with zero attached hydrogens (tertiary/aromatic N) is 1. The number of amides is 1. The Morgan fingerprint density at radius 2 is 2.20 bits per heavy atom. The van der Waals surface area contributed by atoms with Crippen molar-refractivity contribution in [2.24, 2.45) is 0 Å². The number of aliphatic hydroxyl groups is 1. The number of benzene rings is 1. The lowest BCUT2D eigenvalue weighted by atomic mass is 10.1. The van der Waals surface area contributed by atoms with Crippen molar-refractivity contribution in [3.63, 3.8) is 0 Å². The van der Waals surface area contributed by atoms with Crippen LogP contribution in [0, 0.1) is 0 Å². The molecule has 1 N–H and O–H groups in total. The van der Waals surface area contributed by atoms with Crippen LogP contribution in [0.5, 0.6) is 11.5 Å². The van der Waals surface area contributed by atoms with Gasteiger partial charge >= 0.3 is 0 Å². The van der Waals surface area contributed by atoms with E-state index < -0.39 is 6.10 Å². The summed E-state index contributed by atoms with van der Waals surface area (Å²) in [5, 5.41) is 9.41. The second kappa shape index (κ2) is 6.37. The first-order chi connectivity index (χ1) is 9.56. The van der Waals surface area contributed by atoms with Crippen LogP contribution >= 0.6 is 11.8 Å². The van der Waals surface area contributed by atoms with Crippen molar-refractivity contribution in [2.75, 3.05) is 26.5 Å². The van der Waals surface area contributed by atoms with Crippen molar-refractivity contribution in [1.29, 1.82) is 0 Å². The Morgan fingerprint density at radius 1 is 1.45 bits per heavy atom. The molecule has 6 heteroatoms. The lowest BCUT2D eigenvalue weighted by Crippen LogP contribution is -2.34. The van der Waals surface area contributed by atoms with Gasteiger partial charge < -0.3 is 19.5 Å². The summed E-state index contributed by atoms with van der Waals surface area (Å²) in [7, 11) is 3.21. The molecule has 2 atom stereocenters. The topological polar surface area (TPSA) is 59.0 Å². The molecule has 110 valence electrons. The molecule has 1 aliphatic heterocycles. The van der Waals surface area contributed by atoms with E-state index in [0.717, 1.165) is 11.3 Å². The molecule has 0 unspecified atom stereocenters. The SMILES string of the molecule is COc1ccc(OC)c([C@@H]2SCC(=O)N2C[C@H](C)O)c1. The number of ether oxygens (including phenoxy) is 2. The summed E-state index contributed by atoms with van der Waals surface area (Å²) in [6.07, 6.45) is -0.559. The van der Waals surface area contributed by atoms with Crippen LogP contribution in [0.4, 0.5) is 0 Å². The predicted molar refractivity (Wildman–Crippen MR) is 78.1 cm³/mol. The van der Waals surface area contributed by atoms with Crippen molar-refractivity contribution in [2.45, 2.75) is 18.4 Å². The maximum atomic E-state index is 12.0. The number of rotatable bonds is 5. The summed E-state index contributed by atoms with van der Waals surface area (Å²) in [4.78, 5) is 13.7. The van der Waals surface area contributed by atoms with Crippen molar-refractivity contribution in [3.05, 3.63) is 23.8 Å². The zero-order valence-corrected chi connectivity index (χ0v) is 12.6. The average molecular weight is 297 g/mol. The maximum Gasteiger partial charge on any atom is 0.233 e. The van der Waals surface area contributed by atoms with Crippen LogP contribution in [0.3, 0.4) is 0 Å². The Bertz CT molecular complexity index is 492. The van der Waals surface area contributed by atoms with Gasteiger partial charge in [-0.3, -0.25) is 4.79 Å². The lowest BCUT2D eigenvalue weighted by Gasteiger charge is -2.26. The van der Waals surface area contributed by atoms with Crippen LogP contribution in [-0.4, -0.2) is 48.5 Å². The highest BCUT2D eigenvalue weighted by Gasteiger charge is 2.35. The molecule has 5 nitrogen and oxygen atoms in total. The summed E-state index contributed by atoms with van der Waals surface area (Å²) in [6, 6.07) is 5.53. The summed E-state index contributed by atoms with van der Waals surface area (Å²) in [5.74, 6) is 1.88. The number of β-amino-alcohol motifs (C(OH)–C–C–N with tert-alkyl or cyclic N) is 1. The third-order valence-electron chi connectivity index (χ3n) is 3.13. The molecule has 0 aliphatic carbocycles. The van der Waals surface area contributed by atoms with Gasteiger partial charge in [0, 0.05) is 12.1 Å². The lowest BCUT2D eigenvalue weighted by molar-refractivity contribution is -0.129. The maximum absolute atomic E-state index is 12.0. The minimum atomic E-state index is -0.559. The van der Waals surface area contributed by atoms with Crippen molar-refractivity contribution < 1.29 is 19.4 Å². The van der Waals surface area contributed by atoms with Crippen molar-refractivity contribution >= 4 is 17.7 Å². The fraction of sp³-hybridized carbons (Fsp3) is 0.500. The van der Waals surface area contributed by atoms with Crippen molar-refractivity contribution in [1.82, 2.24) is 4.90 Å². The Hall–Kier alpha value is -1.40. The van der Waals surface area contributed by atoms with E-state index in [1.165, 1.54) is 11.8 Å². The molecule has 0 bridgehead atoms. The smallest absolute Gasteiger partial charge is 0.233 e. The molecule has 1 saturated heterocycles. The molecule has 0 radical (unpaired) electrons. The van der Waals surface area contributed by atoms with Gasteiger partial charge in [-0.2, -0.15) is 0 Å². The summed E-state index contributed by atoms with van der Waals surface area (Å²) >= 11 is 1.53. The second-order valence-corrected chi connectivity index (χ2v) is 5.73. The van der Waals surface area contributed by atoms with Crippen molar-refractivity contribution in [3.8, 4) is 11.5 Å². The fourth-order valence-corrected chi connectivity index (χ4v) is 3.44. The fourth-order valence-electron chi connectivity index (χ4n) is 2.23. The standard InChI is InChI=1S/C14H19NO4S/c1-9(16)7-15-13(17)8-20-14(15)11-6-10(18-2)4-5-12(11)19-3/h4-6,9,14,16H,7-8H2,1-3H3/t9-,14-/m0/s1. The monoisotopic (exact) mass is 297 g/mol. The highest BCUT2D eigenvalue weighted by molar-refractivity contribution is 8.00. The first-order valence-corrected chi connectivity index (χ1v) is 7.42. The molecule has 1 heterocycles. The molecule has 1 amide bonds. The number of hydrogen-bond donors (Lipinski definition) is 1. The Morgan fingerprint density at radius 3 is 2.80 bits per heavy atom. The number of methoxy groups -OCH3 is 2. The highest BCUT2D eigenvalue weighted by Crippen LogP contribution is 2.43. The molecule has 0 spiro atoms. The van der Waals surface area contributed by atoms with E-state index in [9.17, 15) is 9.90 Å². The summed E-state index contributed by atoms with van der Waals surface area (Å²) < 4.78 is 10.6. The molecular weight excluding hydrogens is 278 g/mol. The molecule has 2 rings (SSSR count). The highest BCUT2D eigenvalue weighted by atomic mass is 32.2. The van der Waals surface area contributed by atoms with E-state index in [4.69, 9.17) is 9.47 Å². The van der Waals surface area contributed by atoms with Crippen LogP contribution in [0.2, 0.25) is 0 Å². The van der Waals surface area contributed by atoms with Gasteiger partial charge in [-0.15, -0.1) is 11.8 Å². The van der Waals surface area contributed by atoms with Gasteiger partial charge in [-0.25, -0.2) is 0 Å². The number of carbonyl (C=O) groups excluding carboxylic acids is 1. The van der Waals surface area contributed by atoms with Crippen LogP contribution in [0.15, 0.2) is 18.2 Å². The second-order valence-electron chi connectivity index (χ2n) is 4.67. The van der Waals surface area contributed by atoms with Crippen LogP contribution in [0.25, 0.3) is 0 Å². The molecule has 1 aromatic carbocycles. The van der Waals surface area contributed by atoms with Gasteiger partial charge in [0.1, 0.15) is 16.9 Å². The van der Waals surface area contributed by atoms with Crippen LogP contribution in [-0.2, 0) is 4.79 Å². The quantitative estimate of drug-likeness (QED) is 0.895. The third-order valence-corrected chi connectivity index (χ3v) is 4.37. The van der Waals surface area contributed by atoms with E-state index in [0.29, 0.717) is 18.0 Å². The summed E-state index contributed by atoms with van der Waals surface area (Å²) in [6.45, 7) is 1.99. The average Bonchev–Trinajstić information content (AvgIpc) is 2.79. The summed E-state index contributed by atoms with van der Waals surface area (Å²) in [5.41, 5.74) is 0.892. The van der Waals surface area contributed by atoms with Gasteiger partial charge in [-0.1, -0.05) is 0 Å². The molecule has 1 aromatic rings. The normalized spacial score (nSPS) is 20.1. The van der Waals surface area contributed by atoms with E-state index in [-0.39, 0.29) is 11.3 Å². The molecular formula is C14H19NO4S. The zero-order valence-electron chi connectivity index (χ0n) is 11.8. The van der Waals surface area contributed by atoms with Gasteiger partial charge in [-0.05, 0) is 25.1 Å². The molecule has 1 fully saturated rings. The van der Waals surface area contributed by atoms with Gasteiger partial charge in [0.2, 0.25) is 5.91 Å². The van der Waals surface area contributed by atoms with Crippen LogP contribution < -0.4 is 9.47 Å². The number of hydrogen-bond acceptors (Lipinski definition) is 5. The first-order valence-electron chi connectivity index (χ1n) is 6.38. The third kappa shape index (κ3) is 3.02. The predicted octanol–water partition coefficient (Wildman–Crippen LogP) is 1.66. The number of thioether (sulfide) groups is 1. The van der Waals surface area contributed by atoms with E-state index in [1.807, 2.05) is 18.2 Å². The first kappa shape index (κ1) is 15.0. The van der Waals surface area contributed by atoms with E-state index in [2.05, 4.69) is 0 Å². The van der Waals surface area contributed by atoms with Gasteiger partial charge in [0.05, 0.1) is 26.1 Å². The number of carbonyl (C=O) groups is 1. The van der Waals surface area contributed by atoms with Gasteiger partial charge in [0.25, 0.3) is 0 Å². The minimum Gasteiger partial charge on any atom is -0.497 e. The molecule has 1 aliphatic rings. The minimum absolute atomic E-state index is 0.0331. The largest absolute Gasteiger partial charge is 0.497 e. The molecule has 20 heavy (non-hydrogen) atoms. The van der Waals surface area contributed by atoms with E-state index >= 15 is 0 Å². The Balaban J connectivity index is 2.35. The zero-order chi connectivity index (χ0) is 14.7. The van der Waals surface area contributed by atoms with E-state index in [1.54, 1.807) is 26.0 Å². The Kier molecular flexibility index (Phi) is 4.77. The van der Waals surface area contributed by atoms with Crippen LogP contribution in [0.1, 0.15) is 17.9 Å².